The highest BCUT2D eigenvalue weighted by atomic mass is 32.1. The summed E-state index contributed by atoms with van der Waals surface area (Å²) in [5.41, 5.74) is 0.0361. The molecule has 0 bridgehead atoms. The number of nitrogens with one attached hydrogen (secondary N) is 1. The molecule has 1 aliphatic carbocycles. The molecule has 1 aromatic heterocycles. The number of hydrogen-bond acceptors (Lipinski definition) is 2. The van der Waals surface area contributed by atoms with E-state index in [0.29, 0.717) is 17.5 Å². The molecule has 2 aromatic rings. The van der Waals surface area contributed by atoms with Crippen molar-refractivity contribution in [1.29, 1.82) is 0 Å². The van der Waals surface area contributed by atoms with Crippen molar-refractivity contribution in [1.82, 2.24) is 5.32 Å². The van der Waals surface area contributed by atoms with Crippen LogP contribution in [0.3, 0.4) is 0 Å². The first kappa shape index (κ1) is 14.6. The van der Waals surface area contributed by atoms with Gasteiger partial charge in [0.05, 0.1) is 5.56 Å². The lowest BCUT2D eigenvalue weighted by molar-refractivity contribution is -0.137. The van der Waals surface area contributed by atoms with Gasteiger partial charge < -0.3 is 5.32 Å². The third-order valence-electron chi connectivity index (χ3n) is 3.81. The SMILES string of the molecule is CNC(c1ccc(-c2cccc(C(F)(F)F)c2)s1)C1CC1. The zero-order valence-corrected chi connectivity index (χ0v) is 12.4. The van der Waals surface area contributed by atoms with Crippen molar-refractivity contribution in [2.75, 3.05) is 7.05 Å². The van der Waals surface area contributed by atoms with Crippen molar-refractivity contribution in [3.05, 3.63) is 46.8 Å². The zero-order valence-electron chi connectivity index (χ0n) is 11.6. The van der Waals surface area contributed by atoms with E-state index in [-0.39, 0.29) is 0 Å². The van der Waals surface area contributed by atoms with Crippen LogP contribution in [0.2, 0.25) is 0 Å². The Morgan fingerprint density at radius 3 is 2.57 bits per heavy atom. The molecular formula is C16H16F3NS. The Morgan fingerprint density at radius 1 is 1.19 bits per heavy atom. The lowest BCUT2D eigenvalue weighted by atomic mass is 10.1. The van der Waals surface area contributed by atoms with Gasteiger partial charge in [0.15, 0.2) is 0 Å². The van der Waals surface area contributed by atoms with Gasteiger partial charge in [-0.2, -0.15) is 13.2 Å². The van der Waals surface area contributed by atoms with Crippen molar-refractivity contribution < 1.29 is 13.2 Å². The zero-order chi connectivity index (χ0) is 15.0. The smallest absolute Gasteiger partial charge is 0.312 e. The average molecular weight is 311 g/mol. The van der Waals surface area contributed by atoms with Gasteiger partial charge in [-0.05, 0) is 55.6 Å². The molecular weight excluding hydrogens is 295 g/mol. The number of hydrogen-bond donors (Lipinski definition) is 1. The minimum atomic E-state index is -4.29. The molecule has 0 aliphatic heterocycles. The van der Waals surface area contributed by atoms with Gasteiger partial charge in [0.1, 0.15) is 0 Å². The van der Waals surface area contributed by atoms with E-state index in [1.54, 1.807) is 17.4 Å². The molecule has 5 heteroatoms. The Hall–Kier alpha value is -1.33. The minimum Gasteiger partial charge on any atom is -0.312 e. The molecule has 1 atom stereocenters. The molecule has 0 spiro atoms. The van der Waals surface area contributed by atoms with Gasteiger partial charge >= 0.3 is 6.18 Å². The average Bonchev–Trinajstić information content (AvgIpc) is 3.16. The lowest BCUT2D eigenvalue weighted by Crippen LogP contribution is -2.16. The Balaban J connectivity index is 1.89. The summed E-state index contributed by atoms with van der Waals surface area (Å²) in [7, 11) is 1.94. The van der Waals surface area contributed by atoms with Gasteiger partial charge in [0.25, 0.3) is 0 Å². The normalized spacial score (nSPS) is 17.0. The maximum Gasteiger partial charge on any atom is 0.416 e. The van der Waals surface area contributed by atoms with Gasteiger partial charge in [0, 0.05) is 15.8 Å². The third kappa shape index (κ3) is 3.14. The molecule has 0 radical (unpaired) electrons. The van der Waals surface area contributed by atoms with Crippen LogP contribution in [-0.2, 0) is 6.18 Å². The number of alkyl halides is 3. The molecule has 21 heavy (non-hydrogen) atoms. The van der Waals surface area contributed by atoms with Gasteiger partial charge in [-0.25, -0.2) is 0 Å². The van der Waals surface area contributed by atoms with Crippen LogP contribution in [0.5, 0.6) is 0 Å². The fraction of sp³-hybridized carbons (Fsp3) is 0.375. The summed E-state index contributed by atoms with van der Waals surface area (Å²) in [6.07, 6.45) is -1.85. The van der Waals surface area contributed by atoms with E-state index in [4.69, 9.17) is 0 Å². The molecule has 1 aliphatic rings. The fourth-order valence-electron chi connectivity index (χ4n) is 2.56. The molecule has 1 aromatic carbocycles. The van der Waals surface area contributed by atoms with Crippen LogP contribution < -0.4 is 5.32 Å². The summed E-state index contributed by atoms with van der Waals surface area (Å²) < 4.78 is 38.3. The van der Waals surface area contributed by atoms with Crippen LogP contribution in [0.15, 0.2) is 36.4 Å². The summed E-state index contributed by atoms with van der Waals surface area (Å²) >= 11 is 1.58. The predicted octanol–water partition coefficient (Wildman–Crippen LogP) is 5.10. The largest absolute Gasteiger partial charge is 0.416 e. The van der Waals surface area contributed by atoms with Gasteiger partial charge in [-0.1, -0.05) is 12.1 Å². The first-order valence-corrected chi connectivity index (χ1v) is 7.75. The van der Waals surface area contributed by atoms with E-state index >= 15 is 0 Å². The highest BCUT2D eigenvalue weighted by Gasteiger charge is 2.33. The van der Waals surface area contributed by atoms with E-state index in [0.717, 1.165) is 10.9 Å². The highest BCUT2D eigenvalue weighted by molar-refractivity contribution is 7.15. The third-order valence-corrected chi connectivity index (χ3v) is 5.03. The Morgan fingerprint density at radius 2 is 1.95 bits per heavy atom. The van der Waals surface area contributed by atoms with Crippen molar-refractivity contribution in [3.63, 3.8) is 0 Å². The molecule has 1 nitrogen and oxygen atoms in total. The maximum absolute atomic E-state index is 12.8. The van der Waals surface area contributed by atoms with Crippen molar-refractivity contribution >= 4 is 11.3 Å². The molecule has 1 saturated carbocycles. The van der Waals surface area contributed by atoms with Gasteiger partial charge in [-0.3, -0.25) is 0 Å². The second-order valence-electron chi connectivity index (χ2n) is 5.38. The molecule has 0 saturated heterocycles. The number of halogens is 3. The predicted molar refractivity (Wildman–Crippen MR) is 79.3 cm³/mol. The lowest BCUT2D eigenvalue weighted by Gasteiger charge is -2.12. The van der Waals surface area contributed by atoms with E-state index in [1.807, 2.05) is 19.2 Å². The molecule has 3 rings (SSSR count). The Labute approximate surface area is 125 Å². The van der Waals surface area contributed by atoms with Crippen molar-refractivity contribution in [2.24, 2.45) is 5.92 Å². The van der Waals surface area contributed by atoms with E-state index in [1.165, 1.54) is 29.9 Å². The first-order chi connectivity index (χ1) is 9.99. The fourth-order valence-corrected chi connectivity index (χ4v) is 3.77. The Kier molecular flexibility index (Phi) is 3.80. The second kappa shape index (κ2) is 5.46. The molecule has 1 N–H and O–H groups in total. The van der Waals surface area contributed by atoms with Gasteiger partial charge in [0.2, 0.25) is 0 Å². The summed E-state index contributed by atoms with van der Waals surface area (Å²) in [6, 6.07) is 9.81. The maximum atomic E-state index is 12.8. The van der Waals surface area contributed by atoms with E-state index in [2.05, 4.69) is 5.32 Å². The summed E-state index contributed by atoms with van der Waals surface area (Å²) in [4.78, 5) is 2.09. The van der Waals surface area contributed by atoms with E-state index in [9.17, 15) is 13.2 Å². The number of benzene rings is 1. The quantitative estimate of drug-likeness (QED) is 0.828. The standard InChI is InChI=1S/C16H16F3NS/c1-20-15(10-5-6-10)14-8-7-13(21-14)11-3-2-4-12(9-11)16(17,18)19/h2-4,7-10,15,20H,5-6H2,1H3. The first-order valence-electron chi connectivity index (χ1n) is 6.93. The van der Waals surface area contributed by atoms with Crippen LogP contribution in [0.25, 0.3) is 10.4 Å². The van der Waals surface area contributed by atoms with Crippen LogP contribution in [-0.4, -0.2) is 7.05 Å². The molecule has 1 unspecified atom stereocenters. The second-order valence-corrected chi connectivity index (χ2v) is 6.50. The van der Waals surface area contributed by atoms with Crippen LogP contribution >= 0.6 is 11.3 Å². The molecule has 1 heterocycles. The summed E-state index contributed by atoms with van der Waals surface area (Å²) in [6.45, 7) is 0. The summed E-state index contributed by atoms with van der Waals surface area (Å²) in [5, 5.41) is 3.31. The number of thiophene rings is 1. The minimum absolute atomic E-state index is 0.328. The molecule has 112 valence electrons. The topological polar surface area (TPSA) is 12.0 Å². The number of rotatable bonds is 4. The Bertz CT molecular complexity index is 628. The van der Waals surface area contributed by atoms with Crippen molar-refractivity contribution in [3.8, 4) is 10.4 Å². The monoisotopic (exact) mass is 311 g/mol. The van der Waals surface area contributed by atoms with Crippen LogP contribution in [0.4, 0.5) is 13.2 Å². The molecule has 1 fully saturated rings. The van der Waals surface area contributed by atoms with E-state index < -0.39 is 11.7 Å². The van der Waals surface area contributed by atoms with Crippen LogP contribution in [0, 0.1) is 5.92 Å². The molecule has 0 amide bonds. The van der Waals surface area contributed by atoms with Crippen molar-refractivity contribution in [2.45, 2.75) is 25.1 Å². The van der Waals surface area contributed by atoms with Crippen LogP contribution in [0.1, 0.15) is 29.3 Å². The highest BCUT2D eigenvalue weighted by Crippen LogP contribution is 2.44. The van der Waals surface area contributed by atoms with Gasteiger partial charge in [-0.15, -0.1) is 11.3 Å². The summed E-state index contributed by atoms with van der Waals surface area (Å²) in [5.74, 6) is 0.669.